The molecular formula is C20H21N3O2S. The summed E-state index contributed by atoms with van der Waals surface area (Å²) in [6, 6.07) is 15.6. The van der Waals surface area contributed by atoms with Gasteiger partial charge in [0.1, 0.15) is 11.5 Å². The molecule has 26 heavy (non-hydrogen) atoms. The summed E-state index contributed by atoms with van der Waals surface area (Å²) in [5.41, 5.74) is 5.83. The Balaban J connectivity index is 1.65. The number of anilines is 1. The molecule has 0 unspecified atom stereocenters. The van der Waals surface area contributed by atoms with Crippen LogP contribution < -0.4 is 14.9 Å². The summed E-state index contributed by atoms with van der Waals surface area (Å²) in [6.07, 6.45) is 1.89. The fourth-order valence-electron chi connectivity index (χ4n) is 2.34. The molecule has 1 aromatic heterocycles. The smallest absolute Gasteiger partial charge is 0.203 e. The summed E-state index contributed by atoms with van der Waals surface area (Å²) < 4.78 is 10.9. The van der Waals surface area contributed by atoms with Crippen molar-refractivity contribution in [2.75, 3.05) is 12.5 Å². The predicted molar refractivity (Wildman–Crippen MR) is 108 cm³/mol. The molecule has 0 aliphatic carbocycles. The molecule has 0 amide bonds. The fraction of sp³-hybridized carbons (Fsp3) is 0.200. The minimum absolute atomic E-state index is 0.144. The average Bonchev–Trinajstić information content (AvgIpc) is 3.10. The number of methoxy groups -OCH3 is 1. The van der Waals surface area contributed by atoms with Gasteiger partial charge in [0.15, 0.2) is 0 Å². The minimum Gasteiger partial charge on any atom is -0.497 e. The van der Waals surface area contributed by atoms with Gasteiger partial charge in [-0.25, -0.2) is 4.98 Å². The van der Waals surface area contributed by atoms with E-state index in [2.05, 4.69) is 15.5 Å². The number of hydrogen-bond donors (Lipinski definition) is 1. The van der Waals surface area contributed by atoms with Crippen molar-refractivity contribution in [3.63, 3.8) is 0 Å². The van der Waals surface area contributed by atoms with Crippen molar-refractivity contribution in [1.82, 2.24) is 4.98 Å². The maximum atomic E-state index is 5.69. The van der Waals surface area contributed by atoms with Crippen molar-refractivity contribution < 1.29 is 9.47 Å². The molecule has 134 valence electrons. The molecule has 0 spiro atoms. The minimum atomic E-state index is 0.144. The number of hydrazone groups is 1. The number of rotatable bonds is 7. The molecule has 6 heteroatoms. The Morgan fingerprint density at radius 2 is 1.92 bits per heavy atom. The van der Waals surface area contributed by atoms with E-state index in [-0.39, 0.29) is 6.10 Å². The van der Waals surface area contributed by atoms with Crippen LogP contribution in [0.4, 0.5) is 5.13 Å². The molecule has 1 N–H and O–H groups in total. The van der Waals surface area contributed by atoms with E-state index in [1.165, 1.54) is 11.3 Å². The van der Waals surface area contributed by atoms with E-state index in [1.54, 1.807) is 13.3 Å². The maximum absolute atomic E-state index is 5.69. The first-order valence-corrected chi connectivity index (χ1v) is 9.18. The number of aromatic nitrogens is 1. The van der Waals surface area contributed by atoms with Crippen molar-refractivity contribution in [3.8, 4) is 22.8 Å². The van der Waals surface area contributed by atoms with Gasteiger partial charge in [0.2, 0.25) is 5.13 Å². The summed E-state index contributed by atoms with van der Waals surface area (Å²) in [4.78, 5) is 4.56. The Hall–Kier alpha value is -2.86. The SMILES string of the molecule is COc1cccc(-c2csc(N/N=C\c3cccc(OC(C)C)c3)n2)c1. The largest absolute Gasteiger partial charge is 0.497 e. The van der Waals surface area contributed by atoms with Crippen LogP contribution in [0.5, 0.6) is 11.5 Å². The standard InChI is InChI=1S/C20H21N3O2S/c1-14(2)25-18-9-4-6-15(10-18)12-21-23-20-22-19(13-26-20)16-7-5-8-17(11-16)24-3/h4-14H,1-3H3,(H,22,23)/b21-12-. The first-order chi connectivity index (χ1) is 12.6. The van der Waals surface area contributed by atoms with Gasteiger partial charge in [0, 0.05) is 10.9 Å². The highest BCUT2D eigenvalue weighted by Crippen LogP contribution is 2.27. The summed E-state index contributed by atoms with van der Waals surface area (Å²) in [7, 11) is 1.66. The van der Waals surface area contributed by atoms with Crippen LogP contribution in [0.25, 0.3) is 11.3 Å². The van der Waals surface area contributed by atoms with E-state index in [0.29, 0.717) is 0 Å². The number of ether oxygens (including phenoxy) is 2. The van der Waals surface area contributed by atoms with Crippen LogP contribution in [0, 0.1) is 0 Å². The van der Waals surface area contributed by atoms with Gasteiger partial charge >= 0.3 is 0 Å². The predicted octanol–water partition coefficient (Wildman–Crippen LogP) is 5.05. The molecule has 3 aromatic rings. The second-order valence-corrected chi connectivity index (χ2v) is 6.74. The van der Waals surface area contributed by atoms with Crippen LogP contribution in [-0.2, 0) is 0 Å². The summed E-state index contributed by atoms with van der Waals surface area (Å²) in [5.74, 6) is 1.64. The maximum Gasteiger partial charge on any atom is 0.203 e. The van der Waals surface area contributed by atoms with E-state index >= 15 is 0 Å². The third-order valence-corrected chi connectivity index (χ3v) is 4.22. The van der Waals surface area contributed by atoms with Crippen LogP contribution in [0.3, 0.4) is 0 Å². The van der Waals surface area contributed by atoms with E-state index in [9.17, 15) is 0 Å². The highest BCUT2D eigenvalue weighted by molar-refractivity contribution is 7.14. The van der Waals surface area contributed by atoms with Gasteiger partial charge in [-0.3, -0.25) is 5.43 Å². The van der Waals surface area contributed by atoms with Gasteiger partial charge in [-0.15, -0.1) is 11.3 Å². The lowest BCUT2D eigenvalue weighted by Gasteiger charge is -2.09. The summed E-state index contributed by atoms with van der Waals surface area (Å²) >= 11 is 1.50. The Morgan fingerprint density at radius 3 is 2.73 bits per heavy atom. The Kier molecular flexibility index (Phi) is 5.86. The van der Waals surface area contributed by atoms with Gasteiger partial charge in [-0.1, -0.05) is 24.3 Å². The van der Waals surface area contributed by atoms with E-state index < -0.39 is 0 Å². The van der Waals surface area contributed by atoms with E-state index in [4.69, 9.17) is 9.47 Å². The topological polar surface area (TPSA) is 55.7 Å². The lowest BCUT2D eigenvalue weighted by Crippen LogP contribution is -2.05. The third kappa shape index (κ3) is 4.83. The molecule has 0 saturated carbocycles. The molecule has 0 aliphatic rings. The fourth-order valence-corrected chi connectivity index (χ4v) is 3.01. The summed E-state index contributed by atoms with van der Waals surface area (Å²) in [5, 5.41) is 6.99. The zero-order chi connectivity index (χ0) is 18.4. The van der Waals surface area contributed by atoms with Crippen LogP contribution in [0.2, 0.25) is 0 Å². The molecule has 5 nitrogen and oxygen atoms in total. The highest BCUT2D eigenvalue weighted by atomic mass is 32.1. The molecule has 3 rings (SSSR count). The van der Waals surface area contributed by atoms with Crippen LogP contribution in [0.1, 0.15) is 19.4 Å². The average molecular weight is 367 g/mol. The lowest BCUT2D eigenvalue weighted by molar-refractivity contribution is 0.242. The molecule has 2 aromatic carbocycles. The van der Waals surface area contributed by atoms with E-state index in [1.807, 2.05) is 67.8 Å². The number of hydrogen-bond acceptors (Lipinski definition) is 6. The van der Waals surface area contributed by atoms with E-state index in [0.717, 1.165) is 33.5 Å². The first-order valence-electron chi connectivity index (χ1n) is 8.30. The number of nitrogens with zero attached hydrogens (tertiary/aromatic N) is 2. The Labute approximate surface area is 157 Å². The molecule has 0 saturated heterocycles. The summed E-state index contributed by atoms with van der Waals surface area (Å²) in [6.45, 7) is 4.01. The van der Waals surface area contributed by atoms with Crippen molar-refractivity contribution in [2.24, 2.45) is 5.10 Å². The monoisotopic (exact) mass is 367 g/mol. The van der Waals surface area contributed by atoms with Gasteiger partial charge in [0.05, 0.1) is 25.1 Å². The first kappa shape index (κ1) is 17.9. The molecule has 0 radical (unpaired) electrons. The lowest BCUT2D eigenvalue weighted by atomic mass is 10.2. The Morgan fingerprint density at radius 1 is 1.12 bits per heavy atom. The highest BCUT2D eigenvalue weighted by Gasteiger charge is 2.05. The zero-order valence-electron chi connectivity index (χ0n) is 15.0. The van der Waals surface area contributed by atoms with Crippen LogP contribution >= 0.6 is 11.3 Å². The molecule has 0 atom stereocenters. The van der Waals surface area contributed by atoms with Crippen LogP contribution in [0.15, 0.2) is 59.0 Å². The quantitative estimate of drug-likeness (QED) is 0.469. The number of nitrogens with one attached hydrogen (secondary N) is 1. The van der Waals surface area contributed by atoms with Crippen molar-refractivity contribution in [2.45, 2.75) is 20.0 Å². The van der Waals surface area contributed by atoms with Crippen molar-refractivity contribution in [1.29, 1.82) is 0 Å². The molecule has 1 heterocycles. The normalized spacial score (nSPS) is 11.1. The Bertz CT molecular complexity index is 890. The second-order valence-electron chi connectivity index (χ2n) is 5.88. The second kappa shape index (κ2) is 8.49. The number of benzene rings is 2. The van der Waals surface area contributed by atoms with Crippen molar-refractivity contribution in [3.05, 3.63) is 59.5 Å². The molecule has 0 bridgehead atoms. The zero-order valence-corrected chi connectivity index (χ0v) is 15.8. The van der Waals surface area contributed by atoms with Gasteiger partial charge in [-0.2, -0.15) is 5.10 Å². The molecule has 0 fully saturated rings. The molecular weight excluding hydrogens is 346 g/mol. The van der Waals surface area contributed by atoms with Gasteiger partial charge in [-0.05, 0) is 43.7 Å². The van der Waals surface area contributed by atoms with Crippen LogP contribution in [-0.4, -0.2) is 24.4 Å². The molecule has 0 aliphatic heterocycles. The third-order valence-electron chi connectivity index (χ3n) is 3.47. The van der Waals surface area contributed by atoms with Gasteiger partial charge in [0.25, 0.3) is 0 Å². The van der Waals surface area contributed by atoms with Crippen molar-refractivity contribution >= 4 is 22.7 Å². The number of thiazole rings is 1. The van der Waals surface area contributed by atoms with Gasteiger partial charge < -0.3 is 9.47 Å².